The van der Waals surface area contributed by atoms with Crippen molar-refractivity contribution in [3.05, 3.63) is 95.2 Å². The van der Waals surface area contributed by atoms with Crippen LogP contribution in [0.1, 0.15) is 36.6 Å². The lowest BCUT2D eigenvalue weighted by Gasteiger charge is -2.35. The number of carbonyl (C=O) groups is 1. The molecule has 3 heterocycles. The number of nitrogens with zero attached hydrogens (tertiary/aromatic N) is 2. The van der Waals surface area contributed by atoms with Crippen LogP contribution < -0.4 is 9.47 Å². The number of aliphatic carboxylic acids is 1. The number of nitrogens with one attached hydrogen (secondary N) is 1. The molecule has 1 aliphatic heterocycles. The molecule has 0 bridgehead atoms. The maximum absolute atomic E-state index is 15.1. The molecule has 0 saturated heterocycles. The number of halogens is 3. The van der Waals surface area contributed by atoms with E-state index in [2.05, 4.69) is 4.98 Å². The lowest BCUT2D eigenvalue weighted by Crippen LogP contribution is -2.32. The number of ether oxygens (including phenoxy) is 2. The highest BCUT2D eigenvalue weighted by molar-refractivity contribution is 7.99. The summed E-state index contributed by atoms with van der Waals surface area (Å²) >= 11 is 1.21. The Morgan fingerprint density at radius 2 is 2.02 bits per heavy atom. The summed E-state index contributed by atoms with van der Waals surface area (Å²) in [4.78, 5) is 14.3. The summed E-state index contributed by atoms with van der Waals surface area (Å²) in [5.41, 5.74) is 1.89. The molecule has 5 aromatic rings. The lowest BCUT2D eigenvalue weighted by molar-refractivity contribution is -0.136. The van der Waals surface area contributed by atoms with Gasteiger partial charge in [0.05, 0.1) is 22.7 Å². The quantitative estimate of drug-likeness (QED) is 0.182. The van der Waals surface area contributed by atoms with Crippen LogP contribution in [0.2, 0.25) is 0 Å². The molecule has 0 saturated carbocycles. The number of fused-ring (bicyclic) bond motifs is 2. The summed E-state index contributed by atoms with van der Waals surface area (Å²) in [6, 6.07) is 13.0. The first-order valence-corrected chi connectivity index (χ1v) is 14.5. The first kappa shape index (κ1) is 27.8. The van der Waals surface area contributed by atoms with E-state index in [4.69, 9.17) is 19.7 Å². The minimum absolute atomic E-state index is 0.0170. The number of carboxylic acids is 1. The van der Waals surface area contributed by atoms with Crippen LogP contribution in [0.4, 0.5) is 13.2 Å². The first-order valence-electron chi connectivity index (χ1n) is 13.2. The molecule has 2 aromatic heterocycles. The third-order valence-electron chi connectivity index (χ3n) is 7.70. The van der Waals surface area contributed by atoms with Crippen LogP contribution in [0, 0.1) is 17.5 Å². The number of benzene rings is 3. The Balaban J connectivity index is 1.35. The molecule has 7 nitrogen and oxygen atoms in total. The predicted molar refractivity (Wildman–Crippen MR) is 153 cm³/mol. The topological polar surface area (TPSA) is 89.4 Å². The van der Waals surface area contributed by atoms with E-state index < -0.39 is 28.8 Å². The van der Waals surface area contributed by atoms with Crippen molar-refractivity contribution in [1.82, 2.24) is 14.8 Å². The van der Waals surface area contributed by atoms with Crippen molar-refractivity contribution in [3.8, 4) is 22.9 Å². The molecule has 1 unspecified atom stereocenters. The maximum Gasteiger partial charge on any atom is 0.303 e. The monoisotopic (exact) mass is 593 g/mol. The summed E-state index contributed by atoms with van der Waals surface area (Å²) in [6.07, 6.45) is 5.81. The largest absolute Gasteiger partial charge is 0.493 e. The van der Waals surface area contributed by atoms with E-state index in [-0.39, 0.29) is 29.1 Å². The Labute approximate surface area is 243 Å². The fourth-order valence-corrected chi connectivity index (χ4v) is 6.16. The number of H-pyrrole nitrogens is 1. The summed E-state index contributed by atoms with van der Waals surface area (Å²) < 4.78 is 58.1. The third-order valence-corrected chi connectivity index (χ3v) is 8.51. The van der Waals surface area contributed by atoms with Crippen molar-refractivity contribution in [3.63, 3.8) is 0 Å². The van der Waals surface area contributed by atoms with Crippen LogP contribution in [0.3, 0.4) is 0 Å². The fraction of sp³-hybridized carbons (Fsp3) is 0.226. The molecule has 42 heavy (non-hydrogen) atoms. The van der Waals surface area contributed by atoms with E-state index in [9.17, 15) is 9.18 Å². The van der Waals surface area contributed by atoms with Gasteiger partial charge in [-0.1, -0.05) is 18.2 Å². The molecule has 1 atom stereocenters. The lowest BCUT2D eigenvalue weighted by atomic mass is 9.74. The van der Waals surface area contributed by atoms with Crippen molar-refractivity contribution >= 4 is 28.6 Å². The van der Waals surface area contributed by atoms with Crippen LogP contribution in [-0.4, -0.2) is 38.7 Å². The van der Waals surface area contributed by atoms with Gasteiger partial charge in [-0.2, -0.15) is 9.49 Å². The van der Waals surface area contributed by atoms with Crippen molar-refractivity contribution < 1.29 is 32.5 Å². The Morgan fingerprint density at radius 3 is 2.81 bits per heavy atom. The van der Waals surface area contributed by atoms with Crippen LogP contribution in [0.25, 0.3) is 16.6 Å². The average Bonchev–Trinajstić information content (AvgIpc) is 3.67. The highest BCUT2D eigenvalue weighted by atomic mass is 32.2. The average molecular weight is 594 g/mol. The van der Waals surface area contributed by atoms with E-state index >= 15 is 8.78 Å². The van der Waals surface area contributed by atoms with Gasteiger partial charge in [-0.05, 0) is 55.9 Å². The number of aryl methyl sites for hydroxylation is 1. The second-order valence-electron chi connectivity index (χ2n) is 10.2. The molecule has 1 aliphatic rings. The van der Waals surface area contributed by atoms with Crippen LogP contribution >= 0.6 is 11.8 Å². The van der Waals surface area contributed by atoms with Crippen molar-refractivity contribution in [2.75, 3.05) is 12.9 Å². The molecular weight excluding hydrogens is 567 g/mol. The number of hydrogen-bond acceptors (Lipinski definition) is 5. The van der Waals surface area contributed by atoms with Crippen LogP contribution in [-0.2, 0) is 16.6 Å². The molecule has 6 rings (SSSR count). The molecular formula is C31H26F3N3O4S. The molecule has 11 heteroatoms. The normalized spacial score (nSPS) is 16.3. The van der Waals surface area contributed by atoms with Gasteiger partial charge in [0.2, 0.25) is 5.82 Å². The minimum atomic E-state index is -1.14. The molecule has 0 fully saturated rings. The second kappa shape index (κ2) is 10.8. The highest BCUT2D eigenvalue weighted by Crippen LogP contribution is 2.45. The minimum Gasteiger partial charge on any atom is -0.493 e. The van der Waals surface area contributed by atoms with E-state index in [1.54, 1.807) is 24.6 Å². The van der Waals surface area contributed by atoms with Crippen LogP contribution in [0.15, 0.2) is 65.8 Å². The maximum atomic E-state index is 15.1. The zero-order valence-electron chi connectivity index (χ0n) is 22.7. The molecule has 216 valence electrons. The van der Waals surface area contributed by atoms with Crippen LogP contribution in [0.5, 0.6) is 17.2 Å². The van der Waals surface area contributed by atoms with Gasteiger partial charge in [-0.3, -0.25) is 4.79 Å². The van der Waals surface area contributed by atoms with Gasteiger partial charge in [0, 0.05) is 41.2 Å². The molecule has 2 N–H and O–H groups in total. The number of hydrogen-bond donors (Lipinski definition) is 2. The molecule has 3 aromatic carbocycles. The predicted octanol–water partition coefficient (Wildman–Crippen LogP) is 7.39. The van der Waals surface area contributed by atoms with Gasteiger partial charge in [-0.15, -0.1) is 11.8 Å². The van der Waals surface area contributed by atoms with Gasteiger partial charge in [0.25, 0.3) is 0 Å². The van der Waals surface area contributed by atoms with Crippen molar-refractivity contribution in [1.29, 1.82) is 0 Å². The number of aromatic amines is 1. The Morgan fingerprint density at radius 1 is 1.19 bits per heavy atom. The molecule has 0 aliphatic carbocycles. The van der Waals surface area contributed by atoms with Crippen molar-refractivity contribution in [2.45, 2.75) is 36.5 Å². The number of carboxylic acid groups (broad SMARTS) is 1. The second-order valence-corrected chi connectivity index (χ2v) is 11.1. The summed E-state index contributed by atoms with van der Waals surface area (Å²) in [6.45, 7) is 2.43. The Bertz CT molecular complexity index is 1840. The van der Waals surface area contributed by atoms with Gasteiger partial charge in [-0.25, -0.2) is 13.5 Å². The van der Waals surface area contributed by atoms with E-state index in [0.29, 0.717) is 41.2 Å². The number of rotatable bonds is 8. The first-order chi connectivity index (χ1) is 20.2. The Hall–Kier alpha value is -4.38. The summed E-state index contributed by atoms with van der Waals surface area (Å²) in [5.74, 6) is -3.19. The van der Waals surface area contributed by atoms with E-state index in [0.717, 1.165) is 11.1 Å². The van der Waals surface area contributed by atoms with Gasteiger partial charge in [0.1, 0.15) is 23.0 Å². The zero-order chi connectivity index (χ0) is 29.6. The van der Waals surface area contributed by atoms with Gasteiger partial charge in [0.15, 0.2) is 11.6 Å². The highest BCUT2D eigenvalue weighted by Gasteiger charge is 2.38. The molecule has 0 amide bonds. The summed E-state index contributed by atoms with van der Waals surface area (Å²) in [5, 5.41) is 14.3. The van der Waals surface area contributed by atoms with E-state index in [1.807, 2.05) is 25.1 Å². The standard InChI is InChI=1S/C31H26F3N3O4S/c1-31(12-15-40-28-17(6-9-24(38)39)4-3-5-20(28)31)23-11-14-37(36-23)22-16-18(7-8-21(22)32)41-29-26(34)25(33)27-19(10-13-35-27)30(29)42-2/h3-5,7-8,10-11,13-14,16,35H,6,9,12,15H2,1-2H3,(H,38,39). The SMILES string of the molecule is CSc1c(Oc2ccc(F)c(-n3ccc(C4(C)CCOc5c(CCC(=O)O)cccc54)n3)c2)c(F)c(F)c2[nH]ccc12. The fourth-order valence-electron chi connectivity index (χ4n) is 5.45. The zero-order valence-corrected chi connectivity index (χ0v) is 23.5. The number of thioether (sulfide) groups is 1. The third kappa shape index (κ3) is 4.67. The Kier molecular flexibility index (Phi) is 7.14. The smallest absolute Gasteiger partial charge is 0.303 e. The number of aromatic nitrogens is 3. The van der Waals surface area contributed by atoms with Gasteiger partial charge >= 0.3 is 5.97 Å². The molecule has 0 radical (unpaired) electrons. The van der Waals surface area contributed by atoms with E-state index in [1.165, 1.54) is 40.8 Å². The van der Waals surface area contributed by atoms with Gasteiger partial charge < -0.3 is 19.6 Å². The molecule has 0 spiro atoms. The summed E-state index contributed by atoms with van der Waals surface area (Å²) in [7, 11) is 0. The van der Waals surface area contributed by atoms with Crippen molar-refractivity contribution in [2.24, 2.45) is 0 Å². The number of para-hydroxylation sites is 1.